The van der Waals surface area contributed by atoms with Crippen molar-refractivity contribution in [3.05, 3.63) is 43.2 Å². The van der Waals surface area contributed by atoms with Gasteiger partial charge < -0.3 is 9.67 Å². The molecule has 2 aromatic rings. The lowest BCUT2D eigenvalue weighted by Gasteiger charge is -2.34. The first-order chi connectivity index (χ1) is 10.8. The number of piperidine rings is 1. The summed E-state index contributed by atoms with van der Waals surface area (Å²) >= 11 is 0. The molecule has 118 valence electrons. The number of imidazole rings is 1. The molecular formula is C18H25N3O. The third kappa shape index (κ3) is 3.39. The van der Waals surface area contributed by atoms with E-state index in [9.17, 15) is 5.11 Å². The number of para-hydroxylation sites is 2. The monoisotopic (exact) mass is 299 g/mol. The molecule has 2 atom stereocenters. The van der Waals surface area contributed by atoms with Crippen LogP contribution in [0.15, 0.2) is 43.2 Å². The van der Waals surface area contributed by atoms with Gasteiger partial charge >= 0.3 is 0 Å². The van der Waals surface area contributed by atoms with Crippen LogP contribution in [-0.4, -0.2) is 45.3 Å². The van der Waals surface area contributed by atoms with E-state index in [0.717, 1.165) is 38.0 Å². The maximum absolute atomic E-state index is 10.1. The Balaban J connectivity index is 1.66. The van der Waals surface area contributed by atoms with Crippen LogP contribution in [0.5, 0.6) is 0 Å². The molecule has 1 saturated heterocycles. The summed E-state index contributed by atoms with van der Waals surface area (Å²) in [7, 11) is 0. The minimum Gasteiger partial charge on any atom is -0.392 e. The van der Waals surface area contributed by atoms with E-state index >= 15 is 0 Å². The van der Waals surface area contributed by atoms with Crippen molar-refractivity contribution >= 4 is 11.0 Å². The second-order valence-corrected chi connectivity index (χ2v) is 6.22. The molecule has 0 amide bonds. The van der Waals surface area contributed by atoms with Crippen LogP contribution in [0, 0.1) is 0 Å². The fourth-order valence-corrected chi connectivity index (χ4v) is 3.39. The van der Waals surface area contributed by atoms with Gasteiger partial charge in [0.2, 0.25) is 0 Å². The van der Waals surface area contributed by atoms with E-state index in [-0.39, 0.29) is 6.10 Å². The summed E-state index contributed by atoms with van der Waals surface area (Å²) in [5.41, 5.74) is 2.27. The molecule has 3 rings (SSSR count). The minimum absolute atomic E-state index is 0.253. The lowest BCUT2D eigenvalue weighted by atomic mass is 10.0. The molecule has 0 spiro atoms. The van der Waals surface area contributed by atoms with Crippen molar-refractivity contribution in [2.45, 2.75) is 37.8 Å². The predicted octanol–water partition coefficient (Wildman–Crippen LogP) is 3.00. The van der Waals surface area contributed by atoms with Crippen LogP contribution in [0.2, 0.25) is 0 Å². The van der Waals surface area contributed by atoms with Gasteiger partial charge in [-0.1, -0.05) is 18.2 Å². The average molecular weight is 299 g/mol. The van der Waals surface area contributed by atoms with Crippen LogP contribution in [0.1, 0.15) is 31.7 Å². The van der Waals surface area contributed by atoms with Crippen molar-refractivity contribution in [3.8, 4) is 0 Å². The number of allylic oxidation sites excluding steroid dienone is 1. The molecule has 0 unspecified atom stereocenters. The van der Waals surface area contributed by atoms with E-state index in [2.05, 4.69) is 39.2 Å². The van der Waals surface area contributed by atoms with Gasteiger partial charge in [0.1, 0.15) is 0 Å². The summed E-state index contributed by atoms with van der Waals surface area (Å²) in [5.74, 6) is 0. The summed E-state index contributed by atoms with van der Waals surface area (Å²) in [6.07, 6.45) is 7.62. The SMILES string of the molecule is C=CCC[C@@H](O)CN1CCC[C@@H](n2cnc3ccccc32)C1. The maximum Gasteiger partial charge on any atom is 0.0961 e. The summed E-state index contributed by atoms with van der Waals surface area (Å²) in [6, 6.07) is 8.75. The molecule has 2 heterocycles. The van der Waals surface area contributed by atoms with Crippen LogP contribution in [0.3, 0.4) is 0 Å². The zero-order valence-corrected chi connectivity index (χ0v) is 13.1. The maximum atomic E-state index is 10.1. The Kier molecular flexibility index (Phi) is 4.90. The van der Waals surface area contributed by atoms with E-state index in [1.165, 1.54) is 18.4 Å². The first kappa shape index (κ1) is 15.3. The second kappa shape index (κ2) is 7.07. The number of hydrogen-bond acceptors (Lipinski definition) is 3. The van der Waals surface area contributed by atoms with Gasteiger partial charge in [0.05, 0.1) is 23.5 Å². The van der Waals surface area contributed by atoms with Crippen LogP contribution in [0.25, 0.3) is 11.0 Å². The Morgan fingerprint density at radius 1 is 1.41 bits per heavy atom. The van der Waals surface area contributed by atoms with Crippen molar-refractivity contribution in [1.29, 1.82) is 0 Å². The minimum atomic E-state index is -0.253. The molecule has 0 bridgehead atoms. The average Bonchev–Trinajstić information content (AvgIpc) is 2.97. The molecule has 0 aliphatic carbocycles. The number of aliphatic hydroxyl groups excluding tert-OH is 1. The fourth-order valence-electron chi connectivity index (χ4n) is 3.39. The van der Waals surface area contributed by atoms with Crippen LogP contribution in [0.4, 0.5) is 0 Å². The predicted molar refractivity (Wildman–Crippen MR) is 89.9 cm³/mol. The highest BCUT2D eigenvalue weighted by atomic mass is 16.3. The molecule has 1 aliphatic rings. The number of likely N-dealkylation sites (tertiary alicyclic amines) is 1. The Morgan fingerprint density at radius 3 is 3.14 bits per heavy atom. The van der Waals surface area contributed by atoms with Crippen molar-refractivity contribution in [2.24, 2.45) is 0 Å². The lowest BCUT2D eigenvalue weighted by Crippen LogP contribution is -2.40. The van der Waals surface area contributed by atoms with Crippen molar-refractivity contribution < 1.29 is 5.11 Å². The molecule has 0 radical (unpaired) electrons. The first-order valence-corrected chi connectivity index (χ1v) is 8.21. The largest absolute Gasteiger partial charge is 0.392 e. The van der Waals surface area contributed by atoms with E-state index in [0.29, 0.717) is 6.04 Å². The Bertz CT molecular complexity index is 622. The van der Waals surface area contributed by atoms with Gasteiger partial charge in [0.15, 0.2) is 0 Å². The van der Waals surface area contributed by atoms with Crippen LogP contribution in [-0.2, 0) is 0 Å². The number of hydrogen-bond donors (Lipinski definition) is 1. The Morgan fingerprint density at radius 2 is 2.27 bits per heavy atom. The standard InChI is InChI=1S/C18H25N3O/c1-2-3-8-16(22)13-20-11-6-7-15(12-20)21-14-19-17-9-4-5-10-18(17)21/h2,4-5,9-10,14-16,22H,1,3,6-8,11-13H2/t15-,16-/m1/s1. The summed E-state index contributed by atoms with van der Waals surface area (Å²) in [4.78, 5) is 6.89. The van der Waals surface area contributed by atoms with Crippen molar-refractivity contribution in [2.75, 3.05) is 19.6 Å². The number of aromatic nitrogens is 2. The van der Waals surface area contributed by atoms with Gasteiger partial charge in [0.25, 0.3) is 0 Å². The number of benzene rings is 1. The van der Waals surface area contributed by atoms with Crippen LogP contribution >= 0.6 is 0 Å². The lowest BCUT2D eigenvalue weighted by molar-refractivity contribution is 0.0822. The number of nitrogens with zero attached hydrogens (tertiary/aromatic N) is 3. The third-order valence-electron chi connectivity index (χ3n) is 4.53. The molecule has 1 aliphatic heterocycles. The molecule has 1 fully saturated rings. The molecule has 0 saturated carbocycles. The highest BCUT2D eigenvalue weighted by Gasteiger charge is 2.23. The first-order valence-electron chi connectivity index (χ1n) is 8.21. The molecule has 1 aromatic heterocycles. The van der Waals surface area contributed by atoms with Crippen molar-refractivity contribution in [1.82, 2.24) is 14.5 Å². The fraction of sp³-hybridized carbons (Fsp3) is 0.500. The van der Waals surface area contributed by atoms with Crippen molar-refractivity contribution in [3.63, 3.8) is 0 Å². The van der Waals surface area contributed by atoms with E-state index in [1.807, 2.05) is 18.5 Å². The normalized spacial score (nSPS) is 21.0. The highest BCUT2D eigenvalue weighted by Crippen LogP contribution is 2.25. The molecule has 4 heteroatoms. The van der Waals surface area contributed by atoms with Gasteiger partial charge in [-0.3, -0.25) is 4.90 Å². The van der Waals surface area contributed by atoms with E-state index in [1.54, 1.807) is 0 Å². The van der Waals surface area contributed by atoms with E-state index in [4.69, 9.17) is 0 Å². The number of rotatable bonds is 6. The molecule has 1 aromatic carbocycles. The number of aliphatic hydroxyl groups is 1. The zero-order chi connectivity index (χ0) is 15.4. The number of fused-ring (bicyclic) bond motifs is 1. The Labute approximate surface area is 132 Å². The summed E-state index contributed by atoms with van der Waals surface area (Å²) in [6.45, 7) is 6.55. The Hall–Kier alpha value is -1.65. The summed E-state index contributed by atoms with van der Waals surface area (Å²) in [5, 5.41) is 10.1. The van der Waals surface area contributed by atoms with Gasteiger partial charge in [-0.2, -0.15) is 0 Å². The van der Waals surface area contributed by atoms with Gasteiger partial charge in [-0.05, 0) is 44.4 Å². The zero-order valence-electron chi connectivity index (χ0n) is 13.1. The third-order valence-corrected chi connectivity index (χ3v) is 4.53. The topological polar surface area (TPSA) is 41.3 Å². The van der Waals surface area contributed by atoms with Crippen LogP contribution < -0.4 is 0 Å². The molecule has 1 N–H and O–H groups in total. The second-order valence-electron chi connectivity index (χ2n) is 6.22. The summed E-state index contributed by atoms with van der Waals surface area (Å²) < 4.78 is 2.30. The van der Waals surface area contributed by atoms with Gasteiger partial charge in [-0.15, -0.1) is 6.58 Å². The van der Waals surface area contributed by atoms with Gasteiger partial charge in [0, 0.05) is 19.1 Å². The highest BCUT2D eigenvalue weighted by molar-refractivity contribution is 5.75. The molecule has 4 nitrogen and oxygen atoms in total. The smallest absolute Gasteiger partial charge is 0.0961 e. The quantitative estimate of drug-likeness (QED) is 0.834. The number of β-amino-alcohol motifs (C(OH)–C–C–N with tert-alkyl or cyclic N) is 1. The molecule has 22 heavy (non-hydrogen) atoms. The molecular weight excluding hydrogens is 274 g/mol. The van der Waals surface area contributed by atoms with Gasteiger partial charge in [-0.25, -0.2) is 4.98 Å². The van der Waals surface area contributed by atoms with E-state index < -0.39 is 0 Å².